The summed E-state index contributed by atoms with van der Waals surface area (Å²) in [7, 11) is 0. The molecule has 1 N–H and O–H groups in total. The maximum atomic E-state index is 12.2. The number of hydrogen-bond acceptors (Lipinski definition) is 3. The standard InChI is InChI=1S/C14H24N2O3/c1-11(17)12-5-4-8-15(9-12)14(19)10-16-7-3-2-6-13(16)18/h11-12,17H,2-10H2,1H3. The minimum Gasteiger partial charge on any atom is -0.393 e. The average Bonchev–Trinajstić information content (AvgIpc) is 2.41. The third kappa shape index (κ3) is 3.69. The van der Waals surface area contributed by atoms with Gasteiger partial charge in [0.15, 0.2) is 0 Å². The van der Waals surface area contributed by atoms with E-state index in [1.54, 1.807) is 11.8 Å². The molecule has 0 aromatic carbocycles. The van der Waals surface area contributed by atoms with Crippen LogP contribution in [0, 0.1) is 5.92 Å². The number of piperidine rings is 2. The maximum absolute atomic E-state index is 12.2. The molecule has 2 fully saturated rings. The molecular formula is C14H24N2O3. The zero-order valence-electron chi connectivity index (χ0n) is 11.7. The molecular weight excluding hydrogens is 244 g/mol. The van der Waals surface area contributed by atoms with Gasteiger partial charge in [-0.1, -0.05) is 0 Å². The lowest BCUT2D eigenvalue weighted by atomic mass is 9.93. The second-order valence-corrected chi connectivity index (χ2v) is 5.76. The summed E-state index contributed by atoms with van der Waals surface area (Å²) in [5.41, 5.74) is 0. The number of aliphatic hydroxyl groups is 1. The molecule has 0 aromatic heterocycles. The van der Waals surface area contributed by atoms with Gasteiger partial charge in [0.05, 0.1) is 12.6 Å². The summed E-state index contributed by atoms with van der Waals surface area (Å²) in [6, 6.07) is 0. The van der Waals surface area contributed by atoms with Crippen molar-refractivity contribution in [2.45, 2.75) is 45.1 Å². The third-order valence-corrected chi connectivity index (χ3v) is 4.24. The van der Waals surface area contributed by atoms with Crippen LogP contribution in [0.5, 0.6) is 0 Å². The van der Waals surface area contributed by atoms with Crippen molar-refractivity contribution in [2.75, 3.05) is 26.2 Å². The molecule has 5 heteroatoms. The molecule has 2 saturated heterocycles. The number of amides is 2. The Morgan fingerprint density at radius 1 is 1.37 bits per heavy atom. The van der Waals surface area contributed by atoms with Gasteiger partial charge in [-0.05, 0) is 32.6 Å². The fourth-order valence-electron chi connectivity index (χ4n) is 2.92. The molecule has 0 spiro atoms. The zero-order chi connectivity index (χ0) is 13.8. The maximum Gasteiger partial charge on any atom is 0.242 e. The second-order valence-electron chi connectivity index (χ2n) is 5.76. The Kier molecular flexibility index (Phi) is 4.80. The Morgan fingerprint density at radius 3 is 2.84 bits per heavy atom. The fraction of sp³-hybridized carbons (Fsp3) is 0.857. The van der Waals surface area contributed by atoms with Gasteiger partial charge in [-0.25, -0.2) is 0 Å². The highest BCUT2D eigenvalue weighted by Gasteiger charge is 2.28. The quantitative estimate of drug-likeness (QED) is 0.816. The van der Waals surface area contributed by atoms with E-state index in [-0.39, 0.29) is 30.4 Å². The van der Waals surface area contributed by atoms with Gasteiger partial charge in [-0.2, -0.15) is 0 Å². The molecule has 2 aliphatic rings. The summed E-state index contributed by atoms with van der Waals surface area (Å²) in [6.45, 7) is 4.08. The van der Waals surface area contributed by atoms with Crippen LogP contribution in [0.3, 0.4) is 0 Å². The van der Waals surface area contributed by atoms with Gasteiger partial charge in [0.2, 0.25) is 11.8 Å². The summed E-state index contributed by atoms with van der Waals surface area (Å²) in [5.74, 6) is 0.305. The van der Waals surface area contributed by atoms with Crippen LogP contribution in [0.2, 0.25) is 0 Å². The molecule has 2 aliphatic heterocycles. The van der Waals surface area contributed by atoms with Gasteiger partial charge < -0.3 is 14.9 Å². The summed E-state index contributed by atoms with van der Waals surface area (Å²) < 4.78 is 0. The molecule has 0 aromatic rings. The smallest absolute Gasteiger partial charge is 0.242 e. The number of rotatable bonds is 3. The van der Waals surface area contributed by atoms with Gasteiger partial charge in [-0.3, -0.25) is 9.59 Å². The predicted molar refractivity (Wildman–Crippen MR) is 71.4 cm³/mol. The van der Waals surface area contributed by atoms with Crippen LogP contribution in [-0.2, 0) is 9.59 Å². The van der Waals surface area contributed by atoms with Gasteiger partial charge in [-0.15, -0.1) is 0 Å². The Bertz CT molecular complexity index is 344. The summed E-state index contributed by atoms with van der Waals surface area (Å²) >= 11 is 0. The monoisotopic (exact) mass is 268 g/mol. The summed E-state index contributed by atoms with van der Waals surface area (Å²) in [6.07, 6.45) is 4.06. The van der Waals surface area contributed by atoms with E-state index in [2.05, 4.69) is 0 Å². The van der Waals surface area contributed by atoms with Crippen LogP contribution in [0.25, 0.3) is 0 Å². The van der Waals surface area contributed by atoms with Crippen molar-refractivity contribution in [3.8, 4) is 0 Å². The molecule has 0 saturated carbocycles. The summed E-state index contributed by atoms with van der Waals surface area (Å²) in [4.78, 5) is 27.4. The molecule has 108 valence electrons. The van der Waals surface area contributed by atoms with E-state index >= 15 is 0 Å². The molecule has 2 rings (SSSR count). The van der Waals surface area contributed by atoms with E-state index in [0.717, 1.165) is 32.2 Å². The first-order valence-corrected chi connectivity index (χ1v) is 7.31. The Balaban J connectivity index is 1.86. The topological polar surface area (TPSA) is 60.9 Å². The fourth-order valence-corrected chi connectivity index (χ4v) is 2.92. The molecule has 2 heterocycles. The minimum absolute atomic E-state index is 0.0283. The zero-order valence-corrected chi connectivity index (χ0v) is 11.7. The number of likely N-dealkylation sites (tertiary alicyclic amines) is 2. The van der Waals surface area contributed by atoms with E-state index in [9.17, 15) is 14.7 Å². The van der Waals surface area contributed by atoms with Crippen LogP contribution in [0.1, 0.15) is 39.0 Å². The van der Waals surface area contributed by atoms with Crippen molar-refractivity contribution in [1.82, 2.24) is 9.80 Å². The van der Waals surface area contributed by atoms with Gasteiger partial charge in [0.25, 0.3) is 0 Å². The highest BCUT2D eigenvalue weighted by molar-refractivity contribution is 5.85. The highest BCUT2D eigenvalue weighted by atomic mass is 16.3. The normalized spacial score (nSPS) is 26.4. The van der Waals surface area contributed by atoms with Crippen molar-refractivity contribution in [3.63, 3.8) is 0 Å². The lowest BCUT2D eigenvalue weighted by molar-refractivity contribution is -0.143. The number of carbonyl (C=O) groups excluding carboxylic acids is 2. The molecule has 5 nitrogen and oxygen atoms in total. The Morgan fingerprint density at radius 2 is 2.16 bits per heavy atom. The Hall–Kier alpha value is -1.10. The lowest BCUT2D eigenvalue weighted by Gasteiger charge is -2.36. The SMILES string of the molecule is CC(O)C1CCCN(C(=O)CN2CCCCC2=O)C1. The predicted octanol–water partition coefficient (Wildman–Crippen LogP) is 0.618. The number of hydrogen-bond donors (Lipinski definition) is 1. The van der Waals surface area contributed by atoms with E-state index < -0.39 is 0 Å². The van der Waals surface area contributed by atoms with Crippen molar-refractivity contribution in [3.05, 3.63) is 0 Å². The molecule has 19 heavy (non-hydrogen) atoms. The molecule has 0 bridgehead atoms. The molecule has 0 aliphatic carbocycles. The molecule has 2 atom stereocenters. The highest BCUT2D eigenvalue weighted by Crippen LogP contribution is 2.20. The second kappa shape index (κ2) is 6.37. The van der Waals surface area contributed by atoms with Crippen LogP contribution in [-0.4, -0.2) is 59.0 Å². The molecule has 2 amide bonds. The first kappa shape index (κ1) is 14.3. The van der Waals surface area contributed by atoms with Crippen LogP contribution < -0.4 is 0 Å². The number of nitrogens with zero attached hydrogens (tertiary/aromatic N) is 2. The first-order chi connectivity index (χ1) is 9.08. The molecule has 0 radical (unpaired) electrons. The van der Waals surface area contributed by atoms with Crippen LogP contribution >= 0.6 is 0 Å². The largest absolute Gasteiger partial charge is 0.393 e. The first-order valence-electron chi connectivity index (χ1n) is 7.31. The lowest BCUT2D eigenvalue weighted by Crippen LogP contribution is -2.48. The number of carbonyl (C=O) groups is 2. The summed E-state index contributed by atoms with van der Waals surface area (Å²) in [5, 5.41) is 9.64. The van der Waals surface area contributed by atoms with E-state index in [4.69, 9.17) is 0 Å². The van der Waals surface area contributed by atoms with E-state index in [1.807, 2.05) is 4.90 Å². The molecule has 2 unspecified atom stereocenters. The van der Waals surface area contributed by atoms with Crippen molar-refractivity contribution in [1.29, 1.82) is 0 Å². The average molecular weight is 268 g/mol. The van der Waals surface area contributed by atoms with Crippen LogP contribution in [0.15, 0.2) is 0 Å². The van der Waals surface area contributed by atoms with Crippen LogP contribution in [0.4, 0.5) is 0 Å². The Labute approximate surface area is 114 Å². The third-order valence-electron chi connectivity index (χ3n) is 4.24. The van der Waals surface area contributed by atoms with E-state index in [0.29, 0.717) is 19.5 Å². The number of aliphatic hydroxyl groups excluding tert-OH is 1. The van der Waals surface area contributed by atoms with Gasteiger partial charge >= 0.3 is 0 Å². The van der Waals surface area contributed by atoms with Crippen molar-refractivity contribution in [2.24, 2.45) is 5.92 Å². The van der Waals surface area contributed by atoms with Crippen molar-refractivity contribution >= 4 is 11.8 Å². The van der Waals surface area contributed by atoms with Crippen molar-refractivity contribution < 1.29 is 14.7 Å². The van der Waals surface area contributed by atoms with E-state index in [1.165, 1.54) is 0 Å². The van der Waals surface area contributed by atoms with Gasteiger partial charge in [0, 0.05) is 32.0 Å². The van der Waals surface area contributed by atoms with Gasteiger partial charge in [0.1, 0.15) is 0 Å². The minimum atomic E-state index is -0.368.